The number of nitrogens with zero attached hydrogens (tertiary/aromatic N) is 1. The fraction of sp³-hybridized carbons (Fsp3) is 0.125. The number of furan rings is 1. The number of hydrogen-bond donors (Lipinski definition) is 1. The fourth-order valence-corrected chi connectivity index (χ4v) is 2.85. The van der Waals surface area contributed by atoms with E-state index < -0.39 is 5.97 Å². The number of hydrogen-bond acceptors (Lipinski definition) is 6. The maximum absolute atomic E-state index is 11.8. The Balaban J connectivity index is 1.57. The Labute approximate surface area is 145 Å². The van der Waals surface area contributed by atoms with E-state index in [2.05, 4.69) is 26.2 Å². The van der Waals surface area contributed by atoms with Crippen LogP contribution in [0.4, 0.5) is 10.8 Å². The van der Waals surface area contributed by atoms with Gasteiger partial charge in [-0.3, -0.25) is 0 Å². The minimum atomic E-state index is -0.517. The van der Waals surface area contributed by atoms with Gasteiger partial charge in [0.25, 0.3) is 0 Å². The Bertz CT molecular complexity index is 811. The largest absolute Gasteiger partial charge is 0.453 e. The number of thiazole rings is 1. The molecular weight excluding hydrogens is 380 g/mol. The average molecular weight is 393 g/mol. The second-order valence-corrected chi connectivity index (χ2v) is 6.45. The first kappa shape index (κ1) is 15.8. The number of halogens is 1. The lowest BCUT2D eigenvalue weighted by molar-refractivity contribution is 0.0430. The Morgan fingerprint density at radius 3 is 2.78 bits per heavy atom. The summed E-state index contributed by atoms with van der Waals surface area (Å²) in [7, 11) is 0. The monoisotopic (exact) mass is 392 g/mol. The van der Waals surface area contributed by atoms with Crippen LogP contribution in [0.15, 0.2) is 50.9 Å². The molecule has 5 nitrogen and oxygen atoms in total. The zero-order valence-corrected chi connectivity index (χ0v) is 14.6. The van der Waals surface area contributed by atoms with Crippen LogP contribution < -0.4 is 5.32 Å². The molecule has 0 atom stereocenters. The maximum atomic E-state index is 11.8. The van der Waals surface area contributed by atoms with Crippen LogP contribution in [0.3, 0.4) is 0 Å². The highest BCUT2D eigenvalue weighted by Gasteiger charge is 2.13. The number of esters is 1. The third-order valence-corrected chi connectivity index (χ3v) is 4.21. The van der Waals surface area contributed by atoms with Crippen molar-refractivity contribution in [3.63, 3.8) is 0 Å². The van der Waals surface area contributed by atoms with Gasteiger partial charge in [-0.1, -0.05) is 17.7 Å². The van der Waals surface area contributed by atoms with Gasteiger partial charge >= 0.3 is 5.97 Å². The molecule has 23 heavy (non-hydrogen) atoms. The molecule has 0 spiro atoms. The Kier molecular flexibility index (Phi) is 4.78. The summed E-state index contributed by atoms with van der Waals surface area (Å²) in [4.78, 5) is 16.2. The molecule has 0 aliphatic carbocycles. The summed E-state index contributed by atoms with van der Waals surface area (Å²) >= 11 is 4.60. The number of carbonyl (C=O) groups is 1. The number of rotatable bonds is 5. The third-order valence-electron chi connectivity index (χ3n) is 2.98. The van der Waals surface area contributed by atoms with E-state index in [0.29, 0.717) is 10.4 Å². The van der Waals surface area contributed by atoms with Gasteiger partial charge in [0.2, 0.25) is 5.76 Å². The van der Waals surface area contributed by atoms with Crippen LogP contribution in [0.1, 0.15) is 21.8 Å². The van der Waals surface area contributed by atoms with Gasteiger partial charge in [0.1, 0.15) is 6.61 Å². The number of ether oxygens (including phenoxy) is 1. The van der Waals surface area contributed by atoms with Gasteiger partial charge < -0.3 is 14.5 Å². The first-order valence-corrected chi connectivity index (χ1v) is 8.48. The van der Waals surface area contributed by atoms with Gasteiger partial charge in [0, 0.05) is 11.1 Å². The zero-order chi connectivity index (χ0) is 16.2. The van der Waals surface area contributed by atoms with Gasteiger partial charge in [0.15, 0.2) is 9.80 Å². The summed E-state index contributed by atoms with van der Waals surface area (Å²) < 4.78 is 10.8. The molecule has 1 N–H and O–H groups in total. The summed E-state index contributed by atoms with van der Waals surface area (Å²) in [5, 5.41) is 5.82. The summed E-state index contributed by atoms with van der Waals surface area (Å²) in [5.74, 6) is -0.359. The number of carbonyl (C=O) groups excluding carboxylic acids is 1. The predicted octanol–water partition coefficient (Wildman–Crippen LogP) is 4.91. The van der Waals surface area contributed by atoms with Crippen LogP contribution in [0.5, 0.6) is 0 Å². The summed E-state index contributed by atoms with van der Waals surface area (Å²) in [6.45, 7) is 2.14. The van der Waals surface area contributed by atoms with Crippen LogP contribution >= 0.6 is 27.3 Å². The van der Waals surface area contributed by atoms with Gasteiger partial charge in [-0.15, -0.1) is 11.3 Å². The molecule has 2 heterocycles. The molecule has 3 rings (SSSR count). The highest BCUT2D eigenvalue weighted by Crippen LogP contribution is 2.22. The molecule has 2 aromatic heterocycles. The van der Waals surface area contributed by atoms with Crippen LogP contribution in [-0.2, 0) is 11.3 Å². The first-order valence-electron chi connectivity index (χ1n) is 6.81. The van der Waals surface area contributed by atoms with Crippen molar-refractivity contribution in [1.29, 1.82) is 0 Å². The molecule has 0 aliphatic rings. The fourth-order valence-electron chi connectivity index (χ4n) is 1.83. The molecule has 118 valence electrons. The van der Waals surface area contributed by atoms with E-state index in [1.807, 2.05) is 36.6 Å². The van der Waals surface area contributed by atoms with Gasteiger partial charge in [0.05, 0.1) is 5.69 Å². The van der Waals surface area contributed by atoms with E-state index in [-0.39, 0.29) is 12.4 Å². The van der Waals surface area contributed by atoms with E-state index >= 15 is 0 Å². The molecule has 1 aromatic carbocycles. The number of aromatic nitrogens is 1. The van der Waals surface area contributed by atoms with E-state index in [1.54, 1.807) is 12.1 Å². The molecule has 0 saturated carbocycles. The Morgan fingerprint density at radius 2 is 2.09 bits per heavy atom. The number of aryl methyl sites for hydroxylation is 1. The summed E-state index contributed by atoms with van der Waals surface area (Å²) in [6.07, 6.45) is 0. The predicted molar refractivity (Wildman–Crippen MR) is 92.1 cm³/mol. The molecule has 7 heteroatoms. The molecule has 0 fully saturated rings. The van der Waals surface area contributed by atoms with E-state index in [1.165, 1.54) is 16.9 Å². The zero-order valence-electron chi connectivity index (χ0n) is 12.2. The smallest absolute Gasteiger partial charge is 0.374 e. The molecule has 0 saturated heterocycles. The van der Waals surface area contributed by atoms with Crippen molar-refractivity contribution in [2.75, 3.05) is 5.32 Å². The average Bonchev–Trinajstić information content (AvgIpc) is 3.16. The molecule has 0 amide bonds. The van der Waals surface area contributed by atoms with E-state index in [4.69, 9.17) is 9.15 Å². The van der Waals surface area contributed by atoms with Crippen LogP contribution in [0.2, 0.25) is 0 Å². The van der Waals surface area contributed by atoms with Crippen molar-refractivity contribution in [2.45, 2.75) is 13.5 Å². The number of nitrogens with one attached hydrogen (secondary N) is 1. The van der Waals surface area contributed by atoms with Crippen molar-refractivity contribution < 1.29 is 13.9 Å². The highest BCUT2D eigenvalue weighted by molar-refractivity contribution is 9.10. The Hall–Kier alpha value is -2.12. The van der Waals surface area contributed by atoms with Crippen molar-refractivity contribution >= 4 is 44.1 Å². The van der Waals surface area contributed by atoms with E-state index in [9.17, 15) is 4.79 Å². The van der Waals surface area contributed by atoms with Crippen molar-refractivity contribution in [1.82, 2.24) is 4.98 Å². The Morgan fingerprint density at radius 1 is 1.30 bits per heavy atom. The SMILES string of the molecule is Cc1ccc(Nc2nc(COC(=O)c3ccc(Br)o3)cs2)cc1. The molecule has 0 unspecified atom stereocenters. The standard InChI is InChI=1S/C16H13BrN2O3S/c1-10-2-4-11(5-3-10)18-16-19-12(9-23-16)8-21-15(20)13-6-7-14(17)22-13/h2-7,9H,8H2,1H3,(H,18,19). The van der Waals surface area contributed by atoms with Crippen LogP contribution in [-0.4, -0.2) is 11.0 Å². The quantitative estimate of drug-likeness (QED) is 0.625. The summed E-state index contributed by atoms with van der Waals surface area (Å²) in [6, 6.07) is 11.2. The lowest BCUT2D eigenvalue weighted by Crippen LogP contribution is -2.04. The first-order chi connectivity index (χ1) is 11.1. The normalized spacial score (nSPS) is 10.5. The highest BCUT2D eigenvalue weighted by atomic mass is 79.9. The van der Waals surface area contributed by atoms with Crippen molar-refractivity contribution in [3.8, 4) is 0 Å². The van der Waals surface area contributed by atoms with Gasteiger partial charge in [-0.05, 0) is 47.1 Å². The molecule has 0 bridgehead atoms. The second-order valence-electron chi connectivity index (χ2n) is 4.81. The van der Waals surface area contributed by atoms with Crippen LogP contribution in [0.25, 0.3) is 0 Å². The molecule has 0 radical (unpaired) electrons. The van der Waals surface area contributed by atoms with Gasteiger partial charge in [-0.2, -0.15) is 0 Å². The lowest BCUT2D eigenvalue weighted by Gasteiger charge is -2.02. The lowest BCUT2D eigenvalue weighted by atomic mass is 10.2. The second kappa shape index (κ2) is 6.97. The van der Waals surface area contributed by atoms with Crippen molar-refractivity contribution in [2.24, 2.45) is 0 Å². The molecule has 3 aromatic rings. The molecule has 0 aliphatic heterocycles. The maximum Gasteiger partial charge on any atom is 0.374 e. The van der Waals surface area contributed by atoms with E-state index in [0.717, 1.165) is 10.8 Å². The minimum absolute atomic E-state index is 0.100. The summed E-state index contributed by atoms with van der Waals surface area (Å²) in [5.41, 5.74) is 2.85. The number of benzene rings is 1. The minimum Gasteiger partial charge on any atom is -0.453 e. The van der Waals surface area contributed by atoms with Crippen molar-refractivity contribution in [3.05, 3.63) is 63.5 Å². The topological polar surface area (TPSA) is 64.4 Å². The molecular formula is C16H13BrN2O3S. The van der Waals surface area contributed by atoms with Gasteiger partial charge in [-0.25, -0.2) is 9.78 Å². The van der Waals surface area contributed by atoms with Crippen LogP contribution in [0, 0.1) is 6.92 Å². The third kappa shape index (κ3) is 4.20. The number of anilines is 2.